The Balaban J connectivity index is 2.28. The molecule has 2 amide bonds. The van der Waals surface area contributed by atoms with Crippen LogP contribution >= 0.6 is 0 Å². The van der Waals surface area contributed by atoms with Crippen LogP contribution < -0.4 is 0 Å². The molecule has 84 valence electrons. The second-order valence-electron chi connectivity index (χ2n) is 3.87. The van der Waals surface area contributed by atoms with Gasteiger partial charge in [0.05, 0.1) is 12.2 Å². The maximum absolute atomic E-state index is 11.4. The fraction of sp³-hybridized carbons (Fsp3) is 0.364. The van der Waals surface area contributed by atoms with Crippen LogP contribution in [0.3, 0.4) is 0 Å². The van der Waals surface area contributed by atoms with Crippen molar-refractivity contribution in [3.63, 3.8) is 0 Å². The highest BCUT2D eigenvalue weighted by Gasteiger charge is 2.25. The van der Waals surface area contributed by atoms with Crippen LogP contribution in [0.25, 0.3) is 0 Å². The minimum atomic E-state index is -0.257. The highest BCUT2D eigenvalue weighted by atomic mass is 16.2. The smallest absolute Gasteiger partial charge is 0.253 e. The number of hydrogen-bond donors (Lipinski definition) is 0. The van der Waals surface area contributed by atoms with Gasteiger partial charge in [0.1, 0.15) is 0 Å². The first-order chi connectivity index (χ1) is 7.50. The number of hydrogen-bond acceptors (Lipinski definition) is 3. The Kier molecular flexibility index (Phi) is 2.38. The lowest BCUT2D eigenvalue weighted by Gasteiger charge is -2.13. The molecule has 0 spiro atoms. The molecule has 0 saturated heterocycles. The van der Waals surface area contributed by atoms with E-state index in [1.54, 1.807) is 4.68 Å². The molecular formula is C11H13N3O2. The Morgan fingerprint density at radius 2 is 1.75 bits per heavy atom. The van der Waals surface area contributed by atoms with Crippen molar-refractivity contribution in [1.29, 1.82) is 0 Å². The Bertz CT molecular complexity index is 482. The van der Waals surface area contributed by atoms with Gasteiger partial charge in [-0.25, -0.2) is 0 Å². The molecule has 16 heavy (non-hydrogen) atoms. The quantitative estimate of drug-likeness (QED) is 0.679. The molecule has 5 nitrogen and oxygen atoms in total. The van der Waals surface area contributed by atoms with Crippen LogP contribution in [0.4, 0.5) is 0 Å². The minimum Gasteiger partial charge on any atom is -0.272 e. The largest absolute Gasteiger partial charge is 0.272 e. The number of carbonyl (C=O) groups is 2. The lowest BCUT2D eigenvalue weighted by Crippen LogP contribution is -2.29. The second kappa shape index (κ2) is 3.59. The zero-order chi connectivity index (χ0) is 11.9. The lowest BCUT2D eigenvalue weighted by atomic mass is 10.2. The standard InChI is InChI=1S/C11H13N3O2/c1-7-9(8(2)13(3)12-7)6-14-10(15)4-5-11(14)16/h4-5H,6H2,1-3H3. The Morgan fingerprint density at radius 1 is 1.19 bits per heavy atom. The van der Waals surface area contributed by atoms with Crippen molar-refractivity contribution in [2.75, 3.05) is 0 Å². The summed E-state index contributed by atoms with van der Waals surface area (Å²) in [5, 5.41) is 4.25. The highest BCUT2D eigenvalue weighted by molar-refractivity contribution is 6.12. The number of aromatic nitrogens is 2. The van der Waals surface area contributed by atoms with E-state index < -0.39 is 0 Å². The molecule has 0 fully saturated rings. The molecule has 1 aliphatic rings. The lowest BCUT2D eigenvalue weighted by molar-refractivity contribution is -0.137. The zero-order valence-electron chi connectivity index (χ0n) is 9.52. The topological polar surface area (TPSA) is 55.2 Å². The Hall–Kier alpha value is -1.91. The molecule has 2 rings (SSSR count). The van der Waals surface area contributed by atoms with Crippen LogP contribution in [0.15, 0.2) is 12.2 Å². The predicted octanol–water partition coefficient (Wildman–Crippen LogP) is 0.462. The van der Waals surface area contributed by atoms with Crippen molar-refractivity contribution < 1.29 is 9.59 Å². The van der Waals surface area contributed by atoms with Crippen LogP contribution in [0.5, 0.6) is 0 Å². The van der Waals surface area contributed by atoms with E-state index in [1.807, 2.05) is 20.9 Å². The Labute approximate surface area is 93.3 Å². The van der Waals surface area contributed by atoms with Gasteiger partial charge >= 0.3 is 0 Å². The van der Waals surface area contributed by atoms with Crippen molar-refractivity contribution in [3.8, 4) is 0 Å². The predicted molar refractivity (Wildman–Crippen MR) is 57.4 cm³/mol. The number of nitrogens with zero attached hydrogens (tertiary/aromatic N) is 3. The van der Waals surface area contributed by atoms with Gasteiger partial charge in [-0.3, -0.25) is 19.2 Å². The second-order valence-corrected chi connectivity index (χ2v) is 3.87. The van der Waals surface area contributed by atoms with Gasteiger partial charge in [0.2, 0.25) is 0 Å². The zero-order valence-corrected chi connectivity index (χ0v) is 9.52. The van der Waals surface area contributed by atoms with Gasteiger partial charge in [0, 0.05) is 30.5 Å². The van der Waals surface area contributed by atoms with E-state index in [1.165, 1.54) is 17.1 Å². The normalized spacial score (nSPS) is 15.3. The molecule has 0 unspecified atom stereocenters. The molecule has 0 radical (unpaired) electrons. The first-order valence-electron chi connectivity index (χ1n) is 5.03. The summed E-state index contributed by atoms with van der Waals surface area (Å²) >= 11 is 0. The third kappa shape index (κ3) is 1.54. The summed E-state index contributed by atoms with van der Waals surface area (Å²) in [7, 11) is 1.84. The monoisotopic (exact) mass is 219 g/mol. The summed E-state index contributed by atoms with van der Waals surface area (Å²) in [5.74, 6) is -0.514. The summed E-state index contributed by atoms with van der Waals surface area (Å²) < 4.78 is 1.75. The summed E-state index contributed by atoms with van der Waals surface area (Å²) in [5.41, 5.74) is 2.77. The summed E-state index contributed by atoms with van der Waals surface area (Å²) in [6.45, 7) is 4.10. The van der Waals surface area contributed by atoms with Crippen LogP contribution in [0, 0.1) is 13.8 Å². The maximum Gasteiger partial charge on any atom is 0.253 e. The fourth-order valence-corrected chi connectivity index (χ4v) is 1.79. The van der Waals surface area contributed by atoms with E-state index in [0.717, 1.165) is 17.0 Å². The molecule has 1 aliphatic heterocycles. The van der Waals surface area contributed by atoms with Crippen LogP contribution in [0.2, 0.25) is 0 Å². The third-order valence-electron chi connectivity index (χ3n) is 2.88. The van der Waals surface area contributed by atoms with Gasteiger partial charge in [-0.2, -0.15) is 5.10 Å². The minimum absolute atomic E-state index is 0.257. The Morgan fingerprint density at radius 3 is 2.19 bits per heavy atom. The molecule has 5 heteroatoms. The SMILES string of the molecule is Cc1nn(C)c(C)c1CN1C(=O)C=CC1=O. The number of rotatable bonds is 2. The van der Waals surface area contributed by atoms with Crippen molar-refractivity contribution >= 4 is 11.8 Å². The first kappa shape index (κ1) is 10.6. The first-order valence-corrected chi connectivity index (χ1v) is 5.03. The van der Waals surface area contributed by atoms with E-state index in [4.69, 9.17) is 0 Å². The average molecular weight is 219 g/mol. The van der Waals surface area contributed by atoms with Crippen molar-refractivity contribution in [3.05, 3.63) is 29.1 Å². The molecule has 1 aromatic rings. The van der Waals surface area contributed by atoms with Crippen LogP contribution in [0.1, 0.15) is 17.0 Å². The van der Waals surface area contributed by atoms with Gasteiger partial charge in [0.25, 0.3) is 11.8 Å². The van der Waals surface area contributed by atoms with Crippen molar-refractivity contribution in [1.82, 2.24) is 14.7 Å². The van der Waals surface area contributed by atoms with E-state index in [-0.39, 0.29) is 11.8 Å². The summed E-state index contributed by atoms with van der Waals surface area (Å²) in [6, 6.07) is 0. The third-order valence-corrected chi connectivity index (χ3v) is 2.88. The molecular weight excluding hydrogens is 206 g/mol. The molecule has 0 aromatic carbocycles. The van der Waals surface area contributed by atoms with E-state index in [0.29, 0.717) is 6.54 Å². The van der Waals surface area contributed by atoms with Gasteiger partial charge in [-0.1, -0.05) is 0 Å². The number of carbonyl (C=O) groups excluding carboxylic acids is 2. The molecule has 0 bridgehead atoms. The van der Waals surface area contributed by atoms with E-state index in [2.05, 4.69) is 5.10 Å². The highest BCUT2D eigenvalue weighted by Crippen LogP contribution is 2.17. The molecule has 2 heterocycles. The van der Waals surface area contributed by atoms with Gasteiger partial charge in [-0.05, 0) is 13.8 Å². The fourth-order valence-electron chi connectivity index (χ4n) is 1.79. The van der Waals surface area contributed by atoms with Crippen LogP contribution in [-0.4, -0.2) is 26.5 Å². The summed E-state index contributed by atoms with van der Waals surface area (Å²) in [6.07, 6.45) is 2.59. The van der Waals surface area contributed by atoms with Gasteiger partial charge < -0.3 is 0 Å². The molecule has 0 aliphatic carbocycles. The average Bonchev–Trinajstić information content (AvgIpc) is 2.65. The number of amides is 2. The molecule has 0 saturated carbocycles. The molecule has 0 atom stereocenters. The van der Waals surface area contributed by atoms with Gasteiger partial charge in [-0.15, -0.1) is 0 Å². The number of imide groups is 1. The van der Waals surface area contributed by atoms with Gasteiger partial charge in [0.15, 0.2) is 0 Å². The summed E-state index contributed by atoms with van der Waals surface area (Å²) in [4.78, 5) is 24.0. The van der Waals surface area contributed by atoms with Crippen molar-refractivity contribution in [2.45, 2.75) is 20.4 Å². The molecule has 0 N–H and O–H groups in total. The molecule has 1 aromatic heterocycles. The number of aryl methyl sites for hydroxylation is 2. The maximum atomic E-state index is 11.4. The van der Waals surface area contributed by atoms with E-state index >= 15 is 0 Å². The van der Waals surface area contributed by atoms with Crippen LogP contribution in [-0.2, 0) is 23.2 Å². The van der Waals surface area contributed by atoms with E-state index in [9.17, 15) is 9.59 Å². The van der Waals surface area contributed by atoms with Crippen molar-refractivity contribution in [2.24, 2.45) is 7.05 Å².